The van der Waals surface area contributed by atoms with Gasteiger partial charge in [-0.05, 0) is 31.2 Å². The smallest absolute Gasteiger partial charge is 0.258 e. The van der Waals surface area contributed by atoms with Gasteiger partial charge in [0.1, 0.15) is 0 Å². The molecule has 0 aliphatic carbocycles. The van der Waals surface area contributed by atoms with E-state index in [4.69, 9.17) is 10.5 Å². The van der Waals surface area contributed by atoms with E-state index in [9.17, 15) is 9.18 Å². The number of benzene rings is 1. The van der Waals surface area contributed by atoms with Crippen LogP contribution in [0.3, 0.4) is 0 Å². The molecule has 0 fully saturated rings. The highest BCUT2D eigenvalue weighted by Crippen LogP contribution is 2.20. The van der Waals surface area contributed by atoms with E-state index < -0.39 is 17.8 Å². The first-order chi connectivity index (χ1) is 8.08. The zero-order valence-corrected chi connectivity index (χ0v) is 10.00. The van der Waals surface area contributed by atoms with Crippen LogP contribution in [0.4, 0.5) is 4.39 Å². The normalized spacial score (nSPS) is 12.2. The van der Waals surface area contributed by atoms with Crippen LogP contribution in [0.15, 0.2) is 18.2 Å². The maximum Gasteiger partial charge on any atom is 0.258 e. The number of rotatable bonds is 6. The van der Waals surface area contributed by atoms with E-state index in [2.05, 4.69) is 5.32 Å². The highest BCUT2D eigenvalue weighted by atomic mass is 19.1. The molecule has 17 heavy (non-hydrogen) atoms. The molecule has 0 aliphatic rings. The molecule has 1 rings (SSSR count). The molecule has 3 N–H and O–H groups in total. The quantitative estimate of drug-likeness (QED) is 0.785. The van der Waals surface area contributed by atoms with Gasteiger partial charge >= 0.3 is 0 Å². The summed E-state index contributed by atoms with van der Waals surface area (Å²) >= 11 is 0. The van der Waals surface area contributed by atoms with Gasteiger partial charge in [0.25, 0.3) is 5.91 Å². The predicted molar refractivity (Wildman–Crippen MR) is 63.1 cm³/mol. The Morgan fingerprint density at radius 3 is 2.76 bits per heavy atom. The third-order valence-electron chi connectivity index (χ3n) is 2.33. The topological polar surface area (TPSA) is 64.3 Å². The standard InChI is InChI=1S/C12H17FN2O2/c1-3-10(12(14)16)17-11-5-4-8(7-15-2)6-9(11)13/h4-6,10,15H,3,7H2,1-2H3,(H2,14,16). The van der Waals surface area contributed by atoms with Gasteiger partial charge in [0.05, 0.1) is 0 Å². The van der Waals surface area contributed by atoms with Gasteiger partial charge in [0.2, 0.25) is 0 Å². The van der Waals surface area contributed by atoms with Crippen molar-refractivity contribution in [2.24, 2.45) is 5.73 Å². The van der Waals surface area contributed by atoms with Crippen LogP contribution in [0, 0.1) is 5.82 Å². The lowest BCUT2D eigenvalue weighted by Gasteiger charge is -2.15. The minimum Gasteiger partial charge on any atom is -0.478 e. The number of nitrogens with one attached hydrogen (secondary N) is 1. The molecule has 0 heterocycles. The SMILES string of the molecule is CCC(Oc1ccc(CNC)cc1F)C(N)=O. The molecule has 0 aromatic heterocycles. The van der Waals surface area contributed by atoms with Crippen molar-refractivity contribution >= 4 is 5.91 Å². The first kappa shape index (κ1) is 13.4. The number of ether oxygens (including phenoxy) is 1. The Hall–Kier alpha value is -1.62. The Balaban J connectivity index is 2.81. The molecular formula is C12H17FN2O2. The summed E-state index contributed by atoms with van der Waals surface area (Å²) in [6.07, 6.45) is -0.382. The molecule has 1 amide bonds. The van der Waals surface area contributed by atoms with Crippen molar-refractivity contribution in [2.45, 2.75) is 26.0 Å². The highest BCUT2D eigenvalue weighted by Gasteiger charge is 2.16. The average Bonchev–Trinajstić information content (AvgIpc) is 2.28. The van der Waals surface area contributed by atoms with Gasteiger partial charge in [0, 0.05) is 6.54 Å². The number of hydrogen-bond donors (Lipinski definition) is 2. The second-order valence-electron chi connectivity index (χ2n) is 3.71. The molecule has 94 valence electrons. The number of primary amides is 1. The lowest BCUT2D eigenvalue weighted by Crippen LogP contribution is -2.33. The van der Waals surface area contributed by atoms with Gasteiger partial charge in [-0.25, -0.2) is 4.39 Å². The number of hydrogen-bond acceptors (Lipinski definition) is 3. The second kappa shape index (κ2) is 6.20. The summed E-state index contributed by atoms with van der Waals surface area (Å²) in [7, 11) is 1.78. The summed E-state index contributed by atoms with van der Waals surface area (Å²) in [5.74, 6) is -1.03. The lowest BCUT2D eigenvalue weighted by atomic mass is 10.2. The van der Waals surface area contributed by atoms with Gasteiger partial charge in [-0.3, -0.25) is 4.79 Å². The van der Waals surface area contributed by atoms with Crippen LogP contribution < -0.4 is 15.8 Å². The molecule has 1 unspecified atom stereocenters. The number of carbonyl (C=O) groups is 1. The zero-order chi connectivity index (χ0) is 12.8. The fourth-order valence-electron chi connectivity index (χ4n) is 1.45. The van der Waals surface area contributed by atoms with Crippen LogP contribution in [0.2, 0.25) is 0 Å². The zero-order valence-electron chi connectivity index (χ0n) is 10.00. The van der Waals surface area contributed by atoms with E-state index in [1.54, 1.807) is 20.0 Å². The minimum absolute atomic E-state index is 0.0514. The van der Waals surface area contributed by atoms with Crippen molar-refractivity contribution in [1.29, 1.82) is 0 Å². The molecule has 0 saturated heterocycles. The Morgan fingerprint density at radius 2 is 2.29 bits per heavy atom. The van der Waals surface area contributed by atoms with Crippen LogP contribution in [0.25, 0.3) is 0 Å². The molecule has 1 aromatic carbocycles. The molecule has 0 bridgehead atoms. The highest BCUT2D eigenvalue weighted by molar-refractivity contribution is 5.79. The molecule has 4 nitrogen and oxygen atoms in total. The molecule has 0 saturated carbocycles. The third-order valence-corrected chi connectivity index (χ3v) is 2.33. The van der Waals surface area contributed by atoms with Crippen LogP contribution in [0.5, 0.6) is 5.75 Å². The summed E-state index contributed by atoms with van der Waals surface area (Å²) in [4.78, 5) is 11.0. The fourth-order valence-corrected chi connectivity index (χ4v) is 1.45. The van der Waals surface area contributed by atoms with E-state index in [0.29, 0.717) is 13.0 Å². The number of carbonyl (C=O) groups excluding carboxylic acids is 1. The Bertz CT molecular complexity index is 396. The van der Waals surface area contributed by atoms with E-state index in [1.165, 1.54) is 12.1 Å². The average molecular weight is 240 g/mol. The summed E-state index contributed by atoms with van der Waals surface area (Å²) in [6.45, 7) is 2.33. The van der Waals surface area contributed by atoms with E-state index in [-0.39, 0.29) is 5.75 Å². The Morgan fingerprint density at radius 1 is 1.59 bits per heavy atom. The van der Waals surface area contributed by atoms with E-state index in [1.807, 2.05) is 0 Å². The summed E-state index contributed by atoms with van der Waals surface area (Å²) in [6, 6.07) is 4.62. The van der Waals surface area contributed by atoms with Crippen LogP contribution in [-0.2, 0) is 11.3 Å². The van der Waals surface area contributed by atoms with Crippen molar-refractivity contribution in [3.63, 3.8) is 0 Å². The summed E-state index contributed by atoms with van der Waals surface area (Å²) in [5, 5.41) is 2.92. The van der Waals surface area contributed by atoms with Gasteiger partial charge < -0.3 is 15.8 Å². The van der Waals surface area contributed by atoms with Gasteiger partial charge in [-0.2, -0.15) is 0 Å². The van der Waals surface area contributed by atoms with Gasteiger partial charge in [-0.15, -0.1) is 0 Å². The summed E-state index contributed by atoms with van der Waals surface area (Å²) in [5.41, 5.74) is 5.94. The molecule has 1 atom stereocenters. The van der Waals surface area contributed by atoms with Crippen molar-refractivity contribution in [1.82, 2.24) is 5.32 Å². The molecule has 1 aromatic rings. The largest absolute Gasteiger partial charge is 0.478 e. The molecule has 5 heteroatoms. The monoisotopic (exact) mass is 240 g/mol. The van der Waals surface area contributed by atoms with Crippen molar-refractivity contribution in [2.75, 3.05) is 7.05 Å². The number of nitrogens with two attached hydrogens (primary N) is 1. The number of halogens is 1. The van der Waals surface area contributed by atoms with Crippen molar-refractivity contribution < 1.29 is 13.9 Å². The predicted octanol–water partition coefficient (Wildman–Crippen LogP) is 1.19. The van der Waals surface area contributed by atoms with Crippen LogP contribution >= 0.6 is 0 Å². The van der Waals surface area contributed by atoms with Crippen molar-refractivity contribution in [3.05, 3.63) is 29.6 Å². The first-order valence-corrected chi connectivity index (χ1v) is 5.47. The molecule has 0 aliphatic heterocycles. The van der Waals surface area contributed by atoms with Crippen LogP contribution in [-0.4, -0.2) is 19.1 Å². The fraction of sp³-hybridized carbons (Fsp3) is 0.417. The summed E-state index contributed by atoms with van der Waals surface area (Å²) < 4.78 is 18.8. The lowest BCUT2D eigenvalue weighted by molar-refractivity contribution is -0.124. The van der Waals surface area contributed by atoms with Crippen LogP contribution in [0.1, 0.15) is 18.9 Å². The van der Waals surface area contributed by atoms with Crippen molar-refractivity contribution in [3.8, 4) is 5.75 Å². The first-order valence-electron chi connectivity index (χ1n) is 5.47. The number of amides is 1. The van der Waals surface area contributed by atoms with Gasteiger partial charge in [-0.1, -0.05) is 13.0 Å². The van der Waals surface area contributed by atoms with E-state index >= 15 is 0 Å². The molecule has 0 spiro atoms. The second-order valence-corrected chi connectivity index (χ2v) is 3.71. The molecule has 0 radical (unpaired) electrons. The van der Waals surface area contributed by atoms with E-state index in [0.717, 1.165) is 5.56 Å². The maximum absolute atomic E-state index is 13.6. The maximum atomic E-state index is 13.6. The Labute approximate surface area is 100.0 Å². The minimum atomic E-state index is -0.792. The van der Waals surface area contributed by atoms with Gasteiger partial charge in [0.15, 0.2) is 17.7 Å². The Kier molecular flexibility index (Phi) is 4.90. The third kappa shape index (κ3) is 3.71. The molecular weight excluding hydrogens is 223 g/mol.